The number of carbonyl (C=O) groups is 1. The first-order valence-electron chi connectivity index (χ1n) is 6.49. The smallest absolute Gasteiger partial charge is 0.315 e. The zero-order valence-corrected chi connectivity index (χ0v) is 13.3. The zero-order valence-electron chi connectivity index (χ0n) is 12.5. The zero-order chi connectivity index (χ0) is 15.1. The molecule has 5 nitrogen and oxygen atoms in total. The third-order valence-electron chi connectivity index (χ3n) is 2.74. The molecule has 2 N–H and O–H groups in total. The van der Waals surface area contributed by atoms with Crippen LogP contribution in [0, 0.1) is 0 Å². The number of rotatable bonds is 6. The van der Waals surface area contributed by atoms with E-state index in [1.807, 2.05) is 50.2 Å². The van der Waals surface area contributed by atoms with Crippen molar-refractivity contribution in [2.75, 3.05) is 31.0 Å². The first kappa shape index (κ1) is 16.5. The lowest BCUT2D eigenvalue weighted by atomic mass is 10.2. The van der Waals surface area contributed by atoms with Crippen LogP contribution in [-0.2, 0) is 17.3 Å². The van der Waals surface area contributed by atoms with Crippen molar-refractivity contribution in [2.24, 2.45) is 0 Å². The van der Waals surface area contributed by atoms with Gasteiger partial charge in [-0.3, -0.25) is 4.21 Å². The molecule has 20 heavy (non-hydrogen) atoms. The molecule has 0 bridgehead atoms. The standard InChI is InChI=1S/C14H23N3O2S/c1-11(10-20(4)19)16-14(18)15-9-12-6-5-7-13(8-12)17(2)3/h5-8,11H,9-10H2,1-4H3,(H2,15,16,18)/t11-,20+/m1/s1. The maximum absolute atomic E-state index is 11.7. The van der Waals surface area contributed by atoms with Crippen LogP contribution in [0.15, 0.2) is 24.3 Å². The maximum Gasteiger partial charge on any atom is 0.315 e. The molecule has 0 spiro atoms. The molecule has 0 radical (unpaired) electrons. The Balaban J connectivity index is 2.44. The quantitative estimate of drug-likeness (QED) is 0.832. The van der Waals surface area contributed by atoms with Crippen LogP contribution in [0.4, 0.5) is 10.5 Å². The van der Waals surface area contributed by atoms with E-state index in [2.05, 4.69) is 10.6 Å². The third-order valence-corrected chi connectivity index (χ3v) is 3.71. The lowest BCUT2D eigenvalue weighted by Gasteiger charge is -2.15. The Kier molecular flexibility index (Phi) is 6.51. The molecule has 1 aromatic carbocycles. The van der Waals surface area contributed by atoms with E-state index in [0.717, 1.165) is 11.3 Å². The van der Waals surface area contributed by atoms with E-state index in [-0.39, 0.29) is 12.1 Å². The van der Waals surface area contributed by atoms with Gasteiger partial charge in [0.1, 0.15) is 0 Å². The van der Waals surface area contributed by atoms with Crippen molar-refractivity contribution in [2.45, 2.75) is 19.5 Å². The minimum Gasteiger partial charge on any atom is -0.378 e. The Hall–Kier alpha value is -1.56. The topological polar surface area (TPSA) is 61.4 Å². The van der Waals surface area contributed by atoms with E-state index in [4.69, 9.17) is 0 Å². The van der Waals surface area contributed by atoms with Gasteiger partial charge in [-0.1, -0.05) is 12.1 Å². The Morgan fingerprint density at radius 3 is 2.70 bits per heavy atom. The van der Waals surface area contributed by atoms with Crippen LogP contribution in [0.2, 0.25) is 0 Å². The van der Waals surface area contributed by atoms with Crippen molar-refractivity contribution >= 4 is 22.5 Å². The molecule has 1 rings (SSSR count). The molecule has 0 aliphatic carbocycles. The number of amides is 2. The van der Waals surface area contributed by atoms with Crippen LogP contribution in [-0.4, -0.2) is 42.4 Å². The molecule has 0 heterocycles. The summed E-state index contributed by atoms with van der Waals surface area (Å²) in [6, 6.07) is 7.64. The second-order valence-corrected chi connectivity index (χ2v) is 6.51. The van der Waals surface area contributed by atoms with Gasteiger partial charge >= 0.3 is 6.03 Å². The average Bonchev–Trinajstić information content (AvgIpc) is 2.35. The SMILES string of the molecule is C[C@H](C[S@](C)=O)NC(=O)NCc1cccc(N(C)C)c1. The predicted molar refractivity (Wildman–Crippen MR) is 84.5 cm³/mol. The van der Waals surface area contributed by atoms with Crippen molar-refractivity contribution in [3.8, 4) is 0 Å². The fourth-order valence-corrected chi connectivity index (χ4v) is 2.58. The normalized spacial score (nSPS) is 13.4. The minimum atomic E-state index is -0.908. The van der Waals surface area contributed by atoms with Crippen LogP contribution in [0.3, 0.4) is 0 Å². The predicted octanol–water partition coefficient (Wildman–Crippen LogP) is 1.32. The van der Waals surface area contributed by atoms with Gasteiger partial charge in [0, 0.05) is 55.2 Å². The van der Waals surface area contributed by atoms with Gasteiger partial charge in [0.15, 0.2) is 0 Å². The first-order valence-corrected chi connectivity index (χ1v) is 8.22. The average molecular weight is 297 g/mol. The summed E-state index contributed by atoms with van der Waals surface area (Å²) in [6.07, 6.45) is 1.63. The Morgan fingerprint density at radius 1 is 1.40 bits per heavy atom. The fourth-order valence-electron chi connectivity index (χ4n) is 1.80. The van der Waals surface area contributed by atoms with Crippen LogP contribution in [0.1, 0.15) is 12.5 Å². The van der Waals surface area contributed by atoms with Crippen molar-refractivity contribution in [1.29, 1.82) is 0 Å². The lowest BCUT2D eigenvalue weighted by Crippen LogP contribution is -2.42. The molecule has 0 saturated carbocycles. The van der Waals surface area contributed by atoms with Gasteiger partial charge in [0.05, 0.1) is 0 Å². The number of carbonyl (C=O) groups excluding carboxylic acids is 1. The second kappa shape index (κ2) is 7.89. The van der Waals surface area contributed by atoms with Gasteiger partial charge in [-0.15, -0.1) is 0 Å². The minimum absolute atomic E-state index is 0.103. The van der Waals surface area contributed by atoms with E-state index in [1.165, 1.54) is 0 Å². The summed E-state index contributed by atoms with van der Waals surface area (Å²) in [7, 11) is 3.05. The number of hydrogen-bond acceptors (Lipinski definition) is 3. The number of anilines is 1. The van der Waals surface area contributed by atoms with Crippen LogP contribution >= 0.6 is 0 Å². The van der Waals surface area contributed by atoms with E-state index in [0.29, 0.717) is 12.3 Å². The van der Waals surface area contributed by atoms with Gasteiger partial charge in [0.2, 0.25) is 0 Å². The number of hydrogen-bond donors (Lipinski definition) is 2. The molecule has 0 saturated heterocycles. The molecule has 0 unspecified atom stereocenters. The summed E-state index contributed by atoms with van der Waals surface area (Å²) >= 11 is 0. The van der Waals surface area contributed by atoms with E-state index < -0.39 is 10.8 Å². The molecule has 6 heteroatoms. The summed E-state index contributed by atoms with van der Waals surface area (Å²) < 4.78 is 11.1. The summed E-state index contributed by atoms with van der Waals surface area (Å²) in [5.74, 6) is 0.462. The monoisotopic (exact) mass is 297 g/mol. The highest BCUT2D eigenvalue weighted by atomic mass is 32.2. The number of nitrogens with one attached hydrogen (secondary N) is 2. The van der Waals surface area contributed by atoms with Gasteiger partial charge in [-0.25, -0.2) is 4.79 Å². The number of nitrogens with zero attached hydrogens (tertiary/aromatic N) is 1. The van der Waals surface area contributed by atoms with Crippen molar-refractivity contribution in [3.05, 3.63) is 29.8 Å². The van der Waals surface area contributed by atoms with Crippen LogP contribution in [0.25, 0.3) is 0 Å². The highest BCUT2D eigenvalue weighted by Crippen LogP contribution is 2.12. The molecule has 0 aliphatic rings. The van der Waals surface area contributed by atoms with Gasteiger partial charge in [-0.2, -0.15) is 0 Å². The molecule has 2 amide bonds. The summed E-state index contributed by atoms with van der Waals surface area (Å²) in [6.45, 7) is 2.31. The van der Waals surface area contributed by atoms with Crippen molar-refractivity contribution in [1.82, 2.24) is 10.6 Å². The Bertz CT molecular complexity index is 477. The van der Waals surface area contributed by atoms with Crippen molar-refractivity contribution < 1.29 is 9.00 Å². The highest BCUT2D eigenvalue weighted by Gasteiger charge is 2.08. The van der Waals surface area contributed by atoms with Gasteiger partial charge < -0.3 is 15.5 Å². The molecule has 0 fully saturated rings. The van der Waals surface area contributed by atoms with E-state index in [1.54, 1.807) is 6.26 Å². The lowest BCUT2D eigenvalue weighted by molar-refractivity contribution is 0.238. The number of benzene rings is 1. The van der Waals surface area contributed by atoms with Gasteiger partial charge in [-0.05, 0) is 24.6 Å². The van der Waals surface area contributed by atoms with Gasteiger partial charge in [0.25, 0.3) is 0 Å². The van der Waals surface area contributed by atoms with E-state index >= 15 is 0 Å². The molecular formula is C14H23N3O2S. The molecule has 2 atom stereocenters. The first-order chi connectivity index (χ1) is 9.38. The van der Waals surface area contributed by atoms with Crippen LogP contribution < -0.4 is 15.5 Å². The summed E-state index contributed by atoms with van der Waals surface area (Å²) in [5.41, 5.74) is 2.14. The molecular weight excluding hydrogens is 274 g/mol. The Morgan fingerprint density at radius 2 is 2.10 bits per heavy atom. The molecule has 1 aromatic rings. The molecule has 0 aromatic heterocycles. The van der Waals surface area contributed by atoms with E-state index in [9.17, 15) is 9.00 Å². The number of urea groups is 1. The third kappa shape index (κ3) is 6.06. The summed E-state index contributed by atoms with van der Waals surface area (Å²) in [4.78, 5) is 13.7. The van der Waals surface area contributed by atoms with Crippen LogP contribution in [0.5, 0.6) is 0 Å². The molecule has 112 valence electrons. The largest absolute Gasteiger partial charge is 0.378 e. The Labute approximate surface area is 123 Å². The molecule has 0 aliphatic heterocycles. The summed E-state index contributed by atoms with van der Waals surface area (Å²) in [5, 5.41) is 5.57. The second-order valence-electron chi connectivity index (χ2n) is 5.03. The maximum atomic E-state index is 11.7. The highest BCUT2D eigenvalue weighted by molar-refractivity contribution is 7.84. The fraction of sp³-hybridized carbons (Fsp3) is 0.500. The van der Waals surface area contributed by atoms with Crippen molar-refractivity contribution in [3.63, 3.8) is 0 Å².